The average Bonchev–Trinajstić information content (AvgIpc) is 2.65. The first-order chi connectivity index (χ1) is 13.8. The highest BCUT2D eigenvalue weighted by atomic mass is 32.2. The number of ether oxygens (including phenoxy) is 1. The second kappa shape index (κ2) is 8.52. The first-order valence-electron chi connectivity index (χ1n) is 9.14. The summed E-state index contributed by atoms with van der Waals surface area (Å²) in [6.45, 7) is 2.89. The Labute approximate surface area is 170 Å². The summed E-state index contributed by atoms with van der Waals surface area (Å²) in [5.74, 6) is 0.211. The van der Waals surface area contributed by atoms with Gasteiger partial charge in [0.05, 0.1) is 10.6 Å². The van der Waals surface area contributed by atoms with Crippen LogP contribution in [-0.4, -0.2) is 51.9 Å². The summed E-state index contributed by atoms with van der Waals surface area (Å²) in [5, 5.41) is 2.60. The van der Waals surface area contributed by atoms with E-state index in [1.807, 2.05) is 0 Å². The predicted molar refractivity (Wildman–Crippen MR) is 109 cm³/mol. The number of carbonyl (C=O) groups is 2. The van der Waals surface area contributed by atoms with Crippen LogP contribution in [-0.2, 0) is 19.6 Å². The van der Waals surface area contributed by atoms with Crippen molar-refractivity contribution in [1.29, 1.82) is 0 Å². The summed E-state index contributed by atoms with van der Waals surface area (Å²) in [6, 6.07) is 12.4. The number of hydrogen-bond donors (Lipinski definition) is 1. The van der Waals surface area contributed by atoms with Crippen molar-refractivity contribution < 1.29 is 22.7 Å². The second-order valence-corrected chi connectivity index (χ2v) is 8.66. The Morgan fingerprint density at radius 3 is 2.21 bits per heavy atom. The lowest BCUT2D eigenvalue weighted by Crippen LogP contribution is -2.44. The molecule has 0 atom stereocenters. The fourth-order valence-electron chi connectivity index (χ4n) is 2.76. The quantitative estimate of drug-likeness (QED) is 0.744. The van der Waals surface area contributed by atoms with Gasteiger partial charge in [-0.05, 0) is 55.0 Å². The zero-order valence-corrected chi connectivity index (χ0v) is 17.1. The van der Waals surface area contributed by atoms with Crippen molar-refractivity contribution in [1.82, 2.24) is 4.90 Å². The molecule has 0 saturated carbocycles. The molecule has 1 fully saturated rings. The Hall–Kier alpha value is -3.07. The van der Waals surface area contributed by atoms with Crippen molar-refractivity contribution in [3.8, 4) is 5.75 Å². The minimum absolute atomic E-state index is 0.0336. The Morgan fingerprint density at radius 1 is 1.07 bits per heavy atom. The Kier molecular flexibility index (Phi) is 6.07. The minimum atomic E-state index is -3.76. The van der Waals surface area contributed by atoms with Gasteiger partial charge in [-0.3, -0.25) is 13.9 Å². The minimum Gasteiger partial charge on any atom is -0.484 e. The molecule has 1 aliphatic rings. The van der Waals surface area contributed by atoms with Gasteiger partial charge in [-0.2, -0.15) is 0 Å². The molecule has 8 nitrogen and oxygen atoms in total. The number of sulfonamides is 1. The van der Waals surface area contributed by atoms with Crippen LogP contribution in [0, 0.1) is 0 Å². The third kappa shape index (κ3) is 4.86. The van der Waals surface area contributed by atoms with Crippen LogP contribution >= 0.6 is 0 Å². The maximum atomic E-state index is 12.8. The summed E-state index contributed by atoms with van der Waals surface area (Å²) < 4.78 is 32.3. The molecule has 0 radical (unpaired) electrons. The first kappa shape index (κ1) is 20.7. The van der Waals surface area contributed by atoms with Crippen LogP contribution in [0.5, 0.6) is 5.75 Å². The third-order valence-corrected chi connectivity index (χ3v) is 6.40. The molecule has 0 aromatic heterocycles. The molecule has 0 aliphatic carbocycles. The molecule has 2 aromatic carbocycles. The van der Waals surface area contributed by atoms with Crippen LogP contribution in [0.3, 0.4) is 0 Å². The first-order valence-corrected chi connectivity index (χ1v) is 10.6. The van der Waals surface area contributed by atoms with E-state index in [0.29, 0.717) is 17.1 Å². The summed E-state index contributed by atoms with van der Waals surface area (Å²) in [6.07, 6.45) is 1.03. The lowest BCUT2D eigenvalue weighted by Gasteiger charge is -2.30. The van der Waals surface area contributed by atoms with Gasteiger partial charge in [0, 0.05) is 32.7 Å². The molecule has 1 N–H and O–H groups in total. The molecule has 154 valence electrons. The number of nitrogens with one attached hydrogen (secondary N) is 1. The number of hydrogen-bond acceptors (Lipinski definition) is 5. The van der Waals surface area contributed by atoms with E-state index in [-0.39, 0.29) is 23.3 Å². The number of nitrogens with zero attached hydrogens (tertiary/aromatic N) is 2. The predicted octanol–water partition coefficient (Wildman–Crippen LogP) is 2.08. The summed E-state index contributed by atoms with van der Waals surface area (Å²) >= 11 is 0. The van der Waals surface area contributed by atoms with E-state index >= 15 is 0 Å². The number of benzene rings is 2. The molecule has 0 unspecified atom stereocenters. The van der Waals surface area contributed by atoms with Crippen LogP contribution in [0.1, 0.15) is 13.3 Å². The molecule has 29 heavy (non-hydrogen) atoms. The maximum absolute atomic E-state index is 12.8. The van der Waals surface area contributed by atoms with E-state index in [9.17, 15) is 18.0 Å². The standard InChI is InChI=1S/C20H23N3O5S/c1-15(24)21-16-4-10-19(11-5-16)29(26,27)22(2)17-6-8-18(9-7-17)28-14-20(25)23-12-3-13-23/h4-11H,3,12-14H2,1-2H3,(H,21,24). The van der Waals surface area contributed by atoms with E-state index in [0.717, 1.165) is 23.8 Å². The van der Waals surface area contributed by atoms with Crippen LogP contribution in [0.4, 0.5) is 11.4 Å². The number of likely N-dealkylation sites (tertiary alicyclic amines) is 1. The van der Waals surface area contributed by atoms with E-state index < -0.39 is 10.0 Å². The van der Waals surface area contributed by atoms with E-state index in [1.54, 1.807) is 29.2 Å². The van der Waals surface area contributed by atoms with Gasteiger partial charge in [0.25, 0.3) is 15.9 Å². The smallest absolute Gasteiger partial charge is 0.264 e. The number of rotatable bonds is 7. The van der Waals surface area contributed by atoms with E-state index in [1.165, 1.54) is 38.2 Å². The SMILES string of the molecule is CC(=O)Nc1ccc(S(=O)(=O)N(C)c2ccc(OCC(=O)N3CCC3)cc2)cc1. The zero-order chi connectivity index (χ0) is 21.0. The lowest BCUT2D eigenvalue weighted by atomic mass is 10.2. The molecule has 1 heterocycles. The zero-order valence-electron chi connectivity index (χ0n) is 16.3. The van der Waals surface area contributed by atoms with Gasteiger partial charge in [-0.15, -0.1) is 0 Å². The van der Waals surface area contributed by atoms with E-state index in [4.69, 9.17) is 4.74 Å². The average molecular weight is 417 g/mol. The number of anilines is 2. The molecule has 0 bridgehead atoms. The molecule has 9 heteroatoms. The van der Waals surface area contributed by atoms with E-state index in [2.05, 4.69) is 5.32 Å². The van der Waals surface area contributed by atoms with Gasteiger partial charge in [-0.25, -0.2) is 8.42 Å². The lowest BCUT2D eigenvalue weighted by molar-refractivity contribution is -0.136. The normalized spacial score (nSPS) is 13.4. The Morgan fingerprint density at radius 2 is 1.69 bits per heavy atom. The monoisotopic (exact) mass is 417 g/mol. The van der Waals surface area contributed by atoms with Gasteiger partial charge in [-0.1, -0.05) is 0 Å². The highest BCUT2D eigenvalue weighted by Crippen LogP contribution is 2.25. The molecule has 3 rings (SSSR count). The van der Waals surface area contributed by atoms with Gasteiger partial charge in [0.1, 0.15) is 5.75 Å². The summed E-state index contributed by atoms with van der Waals surface area (Å²) in [7, 11) is -2.31. The highest BCUT2D eigenvalue weighted by molar-refractivity contribution is 7.92. The van der Waals surface area contributed by atoms with Crippen LogP contribution in [0.25, 0.3) is 0 Å². The van der Waals surface area contributed by atoms with Crippen LogP contribution in [0.15, 0.2) is 53.4 Å². The molecular weight excluding hydrogens is 394 g/mol. The summed E-state index contributed by atoms with van der Waals surface area (Å²) in [4.78, 5) is 24.8. The number of carbonyl (C=O) groups excluding carboxylic acids is 2. The van der Waals surface area contributed by atoms with Crippen LogP contribution < -0.4 is 14.4 Å². The third-order valence-electron chi connectivity index (χ3n) is 4.60. The molecule has 1 aliphatic heterocycles. The Bertz CT molecular complexity index is 984. The van der Waals surface area contributed by atoms with Crippen molar-refractivity contribution in [3.05, 3.63) is 48.5 Å². The van der Waals surface area contributed by atoms with Gasteiger partial charge < -0.3 is 15.0 Å². The fourth-order valence-corrected chi connectivity index (χ4v) is 3.96. The fraction of sp³-hybridized carbons (Fsp3) is 0.300. The van der Waals surface area contributed by atoms with Gasteiger partial charge in [0.15, 0.2) is 6.61 Å². The van der Waals surface area contributed by atoms with Crippen molar-refractivity contribution in [2.45, 2.75) is 18.2 Å². The maximum Gasteiger partial charge on any atom is 0.264 e. The van der Waals surface area contributed by atoms with Crippen molar-refractivity contribution >= 4 is 33.2 Å². The summed E-state index contributed by atoms with van der Waals surface area (Å²) in [5.41, 5.74) is 0.978. The number of amides is 2. The molecule has 2 amide bonds. The molecule has 0 spiro atoms. The van der Waals surface area contributed by atoms with Crippen molar-refractivity contribution in [2.24, 2.45) is 0 Å². The second-order valence-electron chi connectivity index (χ2n) is 6.70. The Balaban J connectivity index is 1.65. The molecule has 2 aromatic rings. The van der Waals surface area contributed by atoms with Gasteiger partial charge >= 0.3 is 0 Å². The largest absolute Gasteiger partial charge is 0.484 e. The molecular formula is C20H23N3O5S. The topological polar surface area (TPSA) is 96.0 Å². The van der Waals surface area contributed by atoms with Gasteiger partial charge in [0.2, 0.25) is 5.91 Å². The van der Waals surface area contributed by atoms with Crippen LogP contribution in [0.2, 0.25) is 0 Å². The highest BCUT2D eigenvalue weighted by Gasteiger charge is 2.22. The van der Waals surface area contributed by atoms with Crippen molar-refractivity contribution in [2.75, 3.05) is 36.4 Å². The molecule has 1 saturated heterocycles. The van der Waals surface area contributed by atoms with Crippen molar-refractivity contribution in [3.63, 3.8) is 0 Å².